The maximum Gasteiger partial charge on any atom is 0.243 e. The second kappa shape index (κ2) is 12.6. The van der Waals surface area contributed by atoms with E-state index in [0.29, 0.717) is 23.7 Å². The Morgan fingerprint density at radius 2 is 1.64 bits per heavy atom. The van der Waals surface area contributed by atoms with Crippen molar-refractivity contribution in [1.82, 2.24) is 10.2 Å². The van der Waals surface area contributed by atoms with Crippen LogP contribution in [0.2, 0.25) is 5.02 Å². The summed E-state index contributed by atoms with van der Waals surface area (Å²) in [6.07, 6.45) is 4.84. The molecule has 4 rings (SSSR count). The molecule has 0 saturated heterocycles. The largest absolute Gasteiger partial charge is 0.497 e. The van der Waals surface area contributed by atoms with Gasteiger partial charge in [0.15, 0.2) is 0 Å². The maximum absolute atomic E-state index is 13.8. The first-order valence-corrected chi connectivity index (χ1v) is 12.9. The van der Waals surface area contributed by atoms with Gasteiger partial charge in [-0.15, -0.1) is 0 Å². The van der Waals surface area contributed by atoms with Crippen molar-refractivity contribution in [3.63, 3.8) is 0 Å². The minimum atomic E-state index is -0.640. The molecule has 1 saturated carbocycles. The van der Waals surface area contributed by atoms with Crippen LogP contribution in [-0.2, 0) is 29.0 Å². The van der Waals surface area contributed by atoms with Gasteiger partial charge in [0.1, 0.15) is 11.8 Å². The molecule has 2 amide bonds. The first-order valence-electron chi connectivity index (χ1n) is 12.5. The van der Waals surface area contributed by atoms with Gasteiger partial charge < -0.3 is 15.0 Å². The van der Waals surface area contributed by atoms with Gasteiger partial charge in [0.2, 0.25) is 11.8 Å². The van der Waals surface area contributed by atoms with Gasteiger partial charge in [-0.25, -0.2) is 0 Å². The van der Waals surface area contributed by atoms with Crippen LogP contribution in [0.5, 0.6) is 5.75 Å². The van der Waals surface area contributed by atoms with Crippen LogP contribution in [0.25, 0.3) is 0 Å². The highest BCUT2D eigenvalue weighted by Gasteiger charge is 2.32. The van der Waals surface area contributed by atoms with Crippen LogP contribution in [0.4, 0.5) is 0 Å². The van der Waals surface area contributed by atoms with Crippen molar-refractivity contribution >= 4 is 23.4 Å². The van der Waals surface area contributed by atoms with Crippen molar-refractivity contribution in [2.45, 2.75) is 57.2 Å². The van der Waals surface area contributed by atoms with Gasteiger partial charge in [-0.05, 0) is 53.8 Å². The van der Waals surface area contributed by atoms with Crippen LogP contribution < -0.4 is 10.1 Å². The molecule has 3 aromatic rings. The van der Waals surface area contributed by atoms with E-state index in [-0.39, 0.29) is 24.3 Å². The van der Waals surface area contributed by atoms with E-state index in [1.165, 1.54) is 0 Å². The third kappa shape index (κ3) is 7.11. The lowest BCUT2D eigenvalue weighted by atomic mass is 10.0. The summed E-state index contributed by atoms with van der Waals surface area (Å²) in [6.45, 7) is 0.305. The molecule has 188 valence electrons. The van der Waals surface area contributed by atoms with E-state index in [4.69, 9.17) is 16.3 Å². The molecule has 1 fully saturated rings. The molecule has 36 heavy (non-hydrogen) atoms. The van der Waals surface area contributed by atoms with Crippen LogP contribution >= 0.6 is 11.6 Å². The average Bonchev–Trinajstić information content (AvgIpc) is 3.41. The smallest absolute Gasteiger partial charge is 0.243 e. The summed E-state index contributed by atoms with van der Waals surface area (Å²) < 4.78 is 5.40. The number of methoxy groups -OCH3 is 1. The predicted molar refractivity (Wildman–Crippen MR) is 143 cm³/mol. The molecule has 0 bridgehead atoms. The van der Waals surface area contributed by atoms with E-state index < -0.39 is 6.04 Å². The number of halogens is 1. The van der Waals surface area contributed by atoms with Crippen LogP contribution in [0.1, 0.15) is 42.4 Å². The normalized spacial score (nSPS) is 14.3. The summed E-state index contributed by atoms with van der Waals surface area (Å²) >= 11 is 6.05. The third-order valence-electron chi connectivity index (χ3n) is 6.73. The van der Waals surface area contributed by atoms with Crippen molar-refractivity contribution in [3.05, 3.63) is 101 Å². The van der Waals surface area contributed by atoms with Crippen molar-refractivity contribution in [2.75, 3.05) is 7.11 Å². The van der Waals surface area contributed by atoms with Gasteiger partial charge in [0.25, 0.3) is 0 Å². The molecule has 1 N–H and O–H groups in total. The zero-order valence-corrected chi connectivity index (χ0v) is 21.4. The Morgan fingerprint density at radius 3 is 2.33 bits per heavy atom. The first kappa shape index (κ1) is 25.8. The van der Waals surface area contributed by atoms with E-state index in [1.54, 1.807) is 24.1 Å². The molecule has 6 heteroatoms. The zero-order valence-electron chi connectivity index (χ0n) is 20.7. The first-order chi connectivity index (χ1) is 17.5. The van der Waals surface area contributed by atoms with Gasteiger partial charge in [0, 0.05) is 24.0 Å². The Bertz CT molecular complexity index is 1140. The number of carbonyl (C=O) groups excluding carboxylic acids is 2. The summed E-state index contributed by atoms with van der Waals surface area (Å²) in [4.78, 5) is 29.2. The van der Waals surface area contributed by atoms with Crippen LogP contribution in [-0.4, -0.2) is 35.9 Å². The highest BCUT2D eigenvalue weighted by molar-refractivity contribution is 6.30. The molecule has 1 aliphatic carbocycles. The predicted octanol–water partition coefficient (Wildman–Crippen LogP) is 5.59. The quantitative estimate of drug-likeness (QED) is 0.391. The molecule has 0 aromatic heterocycles. The molecule has 0 spiro atoms. The standard InChI is InChI=1S/C30H33ClN2O3/c1-36-27-13-7-10-24(18-27)21-33(29(34)20-23-14-16-25(31)17-15-23)28(19-22-8-3-2-4-9-22)30(35)32-26-11-5-6-12-26/h2-4,7-10,13-18,26,28H,5-6,11-12,19-21H2,1H3,(H,32,35)/t28-/m1/s1. The molecule has 0 radical (unpaired) electrons. The van der Waals surface area contributed by atoms with E-state index in [0.717, 1.165) is 42.4 Å². The number of carbonyl (C=O) groups is 2. The molecular weight excluding hydrogens is 472 g/mol. The number of hydrogen-bond donors (Lipinski definition) is 1. The second-order valence-electron chi connectivity index (χ2n) is 9.37. The van der Waals surface area contributed by atoms with Crippen LogP contribution in [0.3, 0.4) is 0 Å². The molecule has 0 unspecified atom stereocenters. The Hall–Kier alpha value is -3.31. The number of rotatable bonds is 10. The van der Waals surface area contributed by atoms with Gasteiger partial charge in [-0.2, -0.15) is 0 Å². The van der Waals surface area contributed by atoms with Crippen LogP contribution in [0.15, 0.2) is 78.9 Å². The minimum Gasteiger partial charge on any atom is -0.497 e. The number of ether oxygens (including phenoxy) is 1. The molecule has 1 atom stereocenters. The summed E-state index contributed by atoms with van der Waals surface area (Å²) in [5.74, 6) is 0.508. The highest BCUT2D eigenvalue weighted by Crippen LogP contribution is 2.22. The van der Waals surface area contributed by atoms with E-state index in [2.05, 4.69) is 5.32 Å². The number of hydrogen-bond acceptors (Lipinski definition) is 3. The molecule has 0 aliphatic heterocycles. The summed E-state index contributed by atoms with van der Waals surface area (Å²) in [7, 11) is 1.62. The monoisotopic (exact) mass is 504 g/mol. The fourth-order valence-corrected chi connectivity index (χ4v) is 4.89. The average molecular weight is 505 g/mol. The fraction of sp³-hybridized carbons (Fsp3) is 0.333. The van der Waals surface area contributed by atoms with Gasteiger partial charge >= 0.3 is 0 Å². The highest BCUT2D eigenvalue weighted by atomic mass is 35.5. The maximum atomic E-state index is 13.8. The van der Waals surface area contributed by atoms with E-state index >= 15 is 0 Å². The van der Waals surface area contributed by atoms with Gasteiger partial charge in [0.05, 0.1) is 13.5 Å². The van der Waals surface area contributed by atoms with Crippen molar-refractivity contribution in [2.24, 2.45) is 0 Å². The molecule has 3 aromatic carbocycles. The SMILES string of the molecule is COc1cccc(CN(C(=O)Cc2ccc(Cl)cc2)[C@H](Cc2ccccc2)C(=O)NC2CCCC2)c1. The second-order valence-corrected chi connectivity index (χ2v) is 9.81. The fourth-order valence-electron chi connectivity index (χ4n) is 4.77. The van der Waals surface area contributed by atoms with Crippen molar-refractivity contribution in [3.8, 4) is 5.75 Å². The summed E-state index contributed by atoms with van der Waals surface area (Å²) in [6, 6.07) is 24.3. The lowest BCUT2D eigenvalue weighted by Gasteiger charge is -2.32. The van der Waals surface area contributed by atoms with Crippen molar-refractivity contribution in [1.29, 1.82) is 0 Å². The Morgan fingerprint density at radius 1 is 0.944 bits per heavy atom. The number of amides is 2. The van der Waals surface area contributed by atoms with E-state index in [1.807, 2.05) is 66.7 Å². The Labute approximate surface area is 218 Å². The van der Waals surface area contributed by atoms with Crippen molar-refractivity contribution < 1.29 is 14.3 Å². The molecule has 1 aliphatic rings. The molecule has 0 heterocycles. The van der Waals surface area contributed by atoms with Gasteiger partial charge in [-0.1, -0.05) is 79.0 Å². The lowest BCUT2D eigenvalue weighted by Crippen LogP contribution is -2.52. The van der Waals surface area contributed by atoms with E-state index in [9.17, 15) is 9.59 Å². The number of nitrogens with one attached hydrogen (secondary N) is 1. The lowest BCUT2D eigenvalue weighted by molar-refractivity contribution is -0.141. The molecular formula is C30H33ClN2O3. The number of benzene rings is 3. The third-order valence-corrected chi connectivity index (χ3v) is 6.98. The zero-order chi connectivity index (χ0) is 25.3. The number of nitrogens with zero attached hydrogens (tertiary/aromatic N) is 1. The minimum absolute atomic E-state index is 0.0990. The Balaban J connectivity index is 1.66. The van der Waals surface area contributed by atoms with Crippen LogP contribution in [0, 0.1) is 0 Å². The Kier molecular flexibility index (Phi) is 9.01. The topological polar surface area (TPSA) is 58.6 Å². The summed E-state index contributed by atoms with van der Waals surface area (Å²) in [5, 5.41) is 3.86. The van der Waals surface area contributed by atoms with Gasteiger partial charge in [-0.3, -0.25) is 9.59 Å². The molecule has 5 nitrogen and oxygen atoms in total. The summed E-state index contributed by atoms with van der Waals surface area (Å²) in [5.41, 5.74) is 2.78.